The Morgan fingerprint density at radius 3 is 2.42 bits per heavy atom. The molecule has 0 heterocycles. The standard InChI is InChI=1S/C15H25NO3/c1-5-18-11-7-6-8-12(9-11)19-13(10-17)14(16)15(2,3)4/h6-9,13-14,17H,5,10,16H2,1-4H3. The van der Waals surface area contributed by atoms with Gasteiger partial charge < -0.3 is 20.3 Å². The summed E-state index contributed by atoms with van der Waals surface area (Å²) in [6.07, 6.45) is -0.433. The minimum Gasteiger partial charge on any atom is -0.494 e. The second-order valence-electron chi connectivity index (χ2n) is 5.64. The average Bonchev–Trinajstić information content (AvgIpc) is 2.35. The van der Waals surface area contributed by atoms with Gasteiger partial charge in [-0.1, -0.05) is 26.8 Å². The molecule has 0 fully saturated rings. The molecule has 4 heteroatoms. The fourth-order valence-corrected chi connectivity index (χ4v) is 1.76. The summed E-state index contributed by atoms with van der Waals surface area (Å²) in [7, 11) is 0. The van der Waals surface area contributed by atoms with Gasteiger partial charge in [-0.15, -0.1) is 0 Å². The molecule has 1 aromatic rings. The molecule has 3 N–H and O–H groups in total. The summed E-state index contributed by atoms with van der Waals surface area (Å²) < 4.78 is 11.2. The summed E-state index contributed by atoms with van der Waals surface area (Å²) in [6, 6.07) is 7.11. The van der Waals surface area contributed by atoms with Crippen molar-refractivity contribution in [3.63, 3.8) is 0 Å². The van der Waals surface area contributed by atoms with Crippen LogP contribution >= 0.6 is 0 Å². The Morgan fingerprint density at radius 1 is 1.26 bits per heavy atom. The monoisotopic (exact) mass is 267 g/mol. The smallest absolute Gasteiger partial charge is 0.137 e. The van der Waals surface area contributed by atoms with Crippen LogP contribution < -0.4 is 15.2 Å². The van der Waals surface area contributed by atoms with Crippen LogP contribution in [0.2, 0.25) is 0 Å². The Labute approximate surface area is 115 Å². The summed E-state index contributed by atoms with van der Waals surface area (Å²) in [5.41, 5.74) is 6.00. The van der Waals surface area contributed by atoms with Gasteiger partial charge in [-0.05, 0) is 24.5 Å². The molecule has 0 aliphatic rings. The van der Waals surface area contributed by atoms with E-state index >= 15 is 0 Å². The Morgan fingerprint density at radius 2 is 1.89 bits per heavy atom. The number of ether oxygens (including phenoxy) is 2. The largest absolute Gasteiger partial charge is 0.494 e. The number of aliphatic hydroxyl groups excluding tert-OH is 1. The van der Waals surface area contributed by atoms with Gasteiger partial charge in [-0.3, -0.25) is 0 Å². The molecule has 0 aliphatic heterocycles. The van der Waals surface area contributed by atoms with Crippen LogP contribution in [0.1, 0.15) is 27.7 Å². The molecule has 2 atom stereocenters. The summed E-state index contributed by atoms with van der Waals surface area (Å²) in [5.74, 6) is 1.41. The van der Waals surface area contributed by atoms with Crippen LogP contribution in [-0.4, -0.2) is 30.5 Å². The highest BCUT2D eigenvalue weighted by Crippen LogP contribution is 2.25. The number of rotatable bonds is 6. The molecule has 0 aromatic heterocycles. The normalized spacial score (nSPS) is 14.8. The van der Waals surface area contributed by atoms with E-state index in [2.05, 4.69) is 0 Å². The van der Waals surface area contributed by atoms with Crippen molar-refractivity contribution in [3.05, 3.63) is 24.3 Å². The Bertz CT molecular complexity index is 387. The van der Waals surface area contributed by atoms with Gasteiger partial charge in [0.15, 0.2) is 0 Å². The summed E-state index contributed by atoms with van der Waals surface area (Å²) in [4.78, 5) is 0. The van der Waals surface area contributed by atoms with Crippen LogP contribution in [0.15, 0.2) is 24.3 Å². The van der Waals surface area contributed by atoms with Gasteiger partial charge in [-0.25, -0.2) is 0 Å². The number of hydrogen-bond donors (Lipinski definition) is 2. The molecule has 0 saturated carbocycles. The van der Waals surface area contributed by atoms with E-state index in [1.807, 2.05) is 52.0 Å². The van der Waals surface area contributed by atoms with Crippen molar-refractivity contribution in [2.75, 3.05) is 13.2 Å². The van der Waals surface area contributed by atoms with Crippen LogP contribution in [0, 0.1) is 5.41 Å². The highest BCUT2D eigenvalue weighted by molar-refractivity contribution is 5.33. The van der Waals surface area contributed by atoms with E-state index in [0.717, 1.165) is 5.75 Å². The minimum atomic E-state index is -0.433. The van der Waals surface area contributed by atoms with Crippen molar-refractivity contribution in [1.29, 1.82) is 0 Å². The minimum absolute atomic E-state index is 0.114. The van der Waals surface area contributed by atoms with Gasteiger partial charge >= 0.3 is 0 Å². The van der Waals surface area contributed by atoms with Gasteiger partial charge in [0.2, 0.25) is 0 Å². The Hall–Kier alpha value is -1.26. The molecular formula is C15H25NO3. The molecule has 0 radical (unpaired) electrons. The van der Waals surface area contributed by atoms with E-state index in [1.165, 1.54) is 0 Å². The zero-order valence-electron chi connectivity index (χ0n) is 12.2. The zero-order chi connectivity index (χ0) is 14.5. The van der Waals surface area contributed by atoms with E-state index in [9.17, 15) is 5.11 Å². The average molecular weight is 267 g/mol. The zero-order valence-corrected chi connectivity index (χ0v) is 12.2. The van der Waals surface area contributed by atoms with Crippen molar-refractivity contribution in [3.8, 4) is 11.5 Å². The summed E-state index contributed by atoms with van der Waals surface area (Å²) in [6.45, 7) is 8.51. The molecule has 108 valence electrons. The van der Waals surface area contributed by atoms with Crippen LogP contribution in [0.5, 0.6) is 11.5 Å². The number of benzene rings is 1. The number of nitrogens with two attached hydrogens (primary N) is 1. The lowest BCUT2D eigenvalue weighted by molar-refractivity contribution is 0.0590. The van der Waals surface area contributed by atoms with E-state index < -0.39 is 6.10 Å². The van der Waals surface area contributed by atoms with E-state index in [0.29, 0.717) is 12.4 Å². The molecule has 2 unspecified atom stereocenters. The topological polar surface area (TPSA) is 64.7 Å². The molecule has 0 amide bonds. The molecule has 19 heavy (non-hydrogen) atoms. The van der Waals surface area contributed by atoms with Crippen molar-refractivity contribution in [1.82, 2.24) is 0 Å². The maximum atomic E-state index is 9.46. The van der Waals surface area contributed by atoms with Crippen molar-refractivity contribution >= 4 is 0 Å². The van der Waals surface area contributed by atoms with Crippen LogP contribution in [0.25, 0.3) is 0 Å². The highest BCUT2D eigenvalue weighted by atomic mass is 16.5. The van der Waals surface area contributed by atoms with Gasteiger partial charge in [0.25, 0.3) is 0 Å². The SMILES string of the molecule is CCOc1cccc(OC(CO)C(N)C(C)(C)C)c1. The maximum absolute atomic E-state index is 9.46. The van der Waals surface area contributed by atoms with E-state index in [1.54, 1.807) is 0 Å². The van der Waals surface area contributed by atoms with Gasteiger partial charge in [0, 0.05) is 12.1 Å². The lowest BCUT2D eigenvalue weighted by atomic mass is 9.84. The number of hydrogen-bond acceptors (Lipinski definition) is 4. The van der Waals surface area contributed by atoms with Gasteiger partial charge in [0.05, 0.1) is 13.2 Å². The maximum Gasteiger partial charge on any atom is 0.137 e. The fraction of sp³-hybridized carbons (Fsp3) is 0.600. The van der Waals surface area contributed by atoms with Crippen LogP contribution in [0.4, 0.5) is 0 Å². The van der Waals surface area contributed by atoms with E-state index in [4.69, 9.17) is 15.2 Å². The second kappa shape index (κ2) is 6.78. The molecule has 0 bridgehead atoms. The fourth-order valence-electron chi connectivity index (χ4n) is 1.76. The third-order valence-electron chi connectivity index (χ3n) is 2.98. The third-order valence-corrected chi connectivity index (χ3v) is 2.98. The Kier molecular flexibility index (Phi) is 5.63. The van der Waals surface area contributed by atoms with Crippen molar-refractivity contribution < 1.29 is 14.6 Å². The van der Waals surface area contributed by atoms with Crippen LogP contribution in [-0.2, 0) is 0 Å². The first-order valence-corrected chi connectivity index (χ1v) is 6.64. The lowest BCUT2D eigenvalue weighted by Gasteiger charge is -2.33. The lowest BCUT2D eigenvalue weighted by Crippen LogP contribution is -2.49. The van der Waals surface area contributed by atoms with Gasteiger partial charge in [-0.2, -0.15) is 0 Å². The molecule has 1 aromatic carbocycles. The molecule has 0 saturated heterocycles. The van der Waals surface area contributed by atoms with Crippen molar-refractivity contribution in [2.24, 2.45) is 11.1 Å². The molecule has 1 rings (SSSR count). The molecule has 4 nitrogen and oxygen atoms in total. The van der Waals surface area contributed by atoms with Gasteiger partial charge in [0.1, 0.15) is 17.6 Å². The first kappa shape index (κ1) is 15.8. The summed E-state index contributed by atoms with van der Waals surface area (Å²) in [5, 5.41) is 9.46. The molecular weight excluding hydrogens is 242 g/mol. The summed E-state index contributed by atoms with van der Waals surface area (Å²) >= 11 is 0. The van der Waals surface area contributed by atoms with Crippen molar-refractivity contribution in [2.45, 2.75) is 39.8 Å². The highest BCUT2D eigenvalue weighted by Gasteiger charge is 2.30. The quantitative estimate of drug-likeness (QED) is 0.829. The Balaban J connectivity index is 2.78. The first-order chi connectivity index (χ1) is 8.88. The first-order valence-electron chi connectivity index (χ1n) is 6.64. The second-order valence-corrected chi connectivity index (χ2v) is 5.64. The predicted octanol–water partition coefficient (Wildman–Crippen LogP) is 2.20. The third kappa shape index (κ3) is 4.73. The molecule has 0 spiro atoms. The molecule has 0 aliphatic carbocycles. The van der Waals surface area contributed by atoms with E-state index in [-0.39, 0.29) is 18.1 Å². The van der Waals surface area contributed by atoms with Crippen LogP contribution in [0.3, 0.4) is 0 Å². The number of aliphatic hydroxyl groups is 1. The predicted molar refractivity (Wildman–Crippen MR) is 76.5 cm³/mol.